The van der Waals surface area contributed by atoms with E-state index in [9.17, 15) is 9.59 Å². The van der Waals surface area contributed by atoms with Crippen LogP contribution in [-0.2, 0) is 4.79 Å². The number of carbonyl (C=O) groups is 2. The van der Waals surface area contributed by atoms with Gasteiger partial charge in [-0.2, -0.15) is 0 Å². The van der Waals surface area contributed by atoms with Gasteiger partial charge >= 0.3 is 0 Å². The van der Waals surface area contributed by atoms with Crippen LogP contribution in [0.4, 0.5) is 0 Å². The van der Waals surface area contributed by atoms with E-state index in [0.717, 1.165) is 17.7 Å². The predicted octanol–water partition coefficient (Wildman–Crippen LogP) is 2.39. The minimum atomic E-state index is -0.321. The quantitative estimate of drug-likeness (QED) is 0.837. The van der Waals surface area contributed by atoms with Crippen molar-refractivity contribution in [3.63, 3.8) is 0 Å². The van der Waals surface area contributed by atoms with E-state index in [2.05, 4.69) is 5.32 Å². The summed E-state index contributed by atoms with van der Waals surface area (Å²) in [6.45, 7) is 11.5. The van der Waals surface area contributed by atoms with E-state index in [1.54, 1.807) is 0 Å². The maximum absolute atomic E-state index is 12.1. The van der Waals surface area contributed by atoms with Crippen molar-refractivity contribution >= 4 is 12.2 Å². The molecular weight excluding hydrogens is 228 g/mol. The second kappa shape index (κ2) is 4.96. The van der Waals surface area contributed by atoms with Crippen LogP contribution in [0.3, 0.4) is 0 Å². The summed E-state index contributed by atoms with van der Waals surface area (Å²) >= 11 is 0. The van der Waals surface area contributed by atoms with E-state index in [1.165, 1.54) is 0 Å². The molecule has 0 saturated heterocycles. The van der Waals surface area contributed by atoms with E-state index in [0.29, 0.717) is 5.56 Å². The molecule has 1 heterocycles. The molecule has 1 unspecified atom stereocenters. The Kier molecular flexibility index (Phi) is 3.99. The summed E-state index contributed by atoms with van der Waals surface area (Å²) in [5, 5.41) is 2.95. The fourth-order valence-electron chi connectivity index (χ4n) is 2.11. The zero-order valence-corrected chi connectivity index (χ0v) is 12.0. The first-order valence-electron chi connectivity index (χ1n) is 6.13. The van der Waals surface area contributed by atoms with Gasteiger partial charge in [-0.1, -0.05) is 0 Å². The summed E-state index contributed by atoms with van der Waals surface area (Å²) in [5.74, 6) is -0.0400. The molecule has 1 amide bonds. The van der Waals surface area contributed by atoms with Gasteiger partial charge in [0.25, 0.3) is 0 Å². The van der Waals surface area contributed by atoms with Crippen LogP contribution in [-0.4, -0.2) is 22.3 Å². The van der Waals surface area contributed by atoms with Crippen LogP contribution in [0.1, 0.15) is 55.5 Å². The molecule has 0 aliphatic rings. The van der Waals surface area contributed by atoms with Gasteiger partial charge in [-0.3, -0.25) is 9.59 Å². The minimum Gasteiger partial charge on any atom is -0.350 e. The van der Waals surface area contributed by atoms with E-state index < -0.39 is 0 Å². The van der Waals surface area contributed by atoms with Crippen molar-refractivity contribution in [2.24, 2.45) is 0 Å². The molecule has 18 heavy (non-hydrogen) atoms. The number of hydrogen-bond donors (Lipinski definition) is 1. The normalized spacial score (nSPS) is 13.2. The molecule has 0 bridgehead atoms. The van der Waals surface area contributed by atoms with Crippen molar-refractivity contribution in [3.05, 3.63) is 23.0 Å². The third kappa shape index (κ3) is 3.00. The van der Waals surface area contributed by atoms with Crippen molar-refractivity contribution in [3.8, 4) is 0 Å². The molecule has 1 aromatic rings. The van der Waals surface area contributed by atoms with E-state index in [-0.39, 0.29) is 17.5 Å². The lowest BCUT2D eigenvalue weighted by atomic mass is 10.1. The third-order valence-electron chi connectivity index (χ3n) is 2.92. The Morgan fingerprint density at radius 1 is 1.39 bits per heavy atom. The second-order valence-corrected chi connectivity index (χ2v) is 5.73. The summed E-state index contributed by atoms with van der Waals surface area (Å²) in [6.07, 6.45) is 0.827. The molecule has 1 rings (SSSR count). The van der Waals surface area contributed by atoms with Crippen LogP contribution < -0.4 is 5.32 Å². The number of nitrogens with zero attached hydrogens (tertiary/aromatic N) is 1. The maximum atomic E-state index is 12.1. The Balaban J connectivity index is 3.04. The molecule has 1 N–H and O–H groups in total. The fourth-order valence-corrected chi connectivity index (χ4v) is 2.11. The van der Waals surface area contributed by atoms with E-state index in [4.69, 9.17) is 0 Å². The molecular formula is C14H22N2O2. The summed E-state index contributed by atoms with van der Waals surface area (Å²) in [5.41, 5.74) is 2.14. The van der Waals surface area contributed by atoms with E-state index in [1.807, 2.05) is 52.2 Å². The lowest BCUT2D eigenvalue weighted by Crippen LogP contribution is -2.44. The molecule has 100 valence electrons. The molecule has 4 heteroatoms. The average Bonchev–Trinajstić information content (AvgIpc) is 2.50. The number of aromatic nitrogens is 1. The number of aryl methyl sites for hydroxylation is 1. The van der Waals surface area contributed by atoms with Gasteiger partial charge in [0.1, 0.15) is 6.04 Å². The highest BCUT2D eigenvalue weighted by atomic mass is 16.2. The average molecular weight is 250 g/mol. The third-order valence-corrected chi connectivity index (χ3v) is 2.92. The zero-order valence-electron chi connectivity index (χ0n) is 12.0. The topological polar surface area (TPSA) is 51.1 Å². The first kappa shape index (κ1) is 14.5. The van der Waals surface area contributed by atoms with Crippen molar-refractivity contribution < 1.29 is 9.59 Å². The molecule has 0 radical (unpaired) electrons. The number of hydrogen-bond acceptors (Lipinski definition) is 2. The van der Waals surface area contributed by atoms with Crippen molar-refractivity contribution in [1.82, 2.24) is 9.88 Å². The van der Waals surface area contributed by atoms with Gasteiger partial charge in [-0.15, -0.1) is 0 Å². The summed E-state index contributed by atoms with van der Waals surface area (Å²) in [6, 6.07) is 1.49. The SMILES string of the molecule is Cc1cc(C=O)c(C)n1C(C)C(=O)NC(C)(C)C. The largest absolute Gasteiger partial charge is 0.350 e. The number of rotatable bonds is 3. The smallest absolute Gasteiger partial charge is 0.243 e. The Morgan fingerprint density at radius 3 is 2.33 bits per heavy atom. The van der Waals surface area contributed by atoms with Crippen LogP contribution in [0.2, 0.25) is 0 Å². The molecule has 0 spiro atoms. The zero-order chi connectivity index (χ0) is 14.1. The van der Waals surface area contributed by atoms with Crippen molar-refractivity contribution in [2.75, 3.05) is 0 Å². The molecule has 4 nitrogen and oxygen atoms in total. The van der Waals surface area contributed by atoms with Crippen molar-refractivity contribution in [2.45, 2.75) is 53.1 Å². The van der Waals surface area contributed by atoms with Gasteiger partial charge in [-0.05, 0) is 47.6 Å². The number of aldehydes is 1. The van der Waals surface area contributed by atoms with Gasteiger partial charge in [0.2, 0.25) is 5.91 Å². The van der Waals surface area contributed by atoms with Crippen LogP contribution in [0.15, 0.2) is 6.07 Å². The lowest BCUT2D eigenvalue weighted by Gasteiger charge is -2.25. The van der Waals surface area contributed by atoms with Gasteiger partial charge in [0.05, 0.1) is 0 Å². The van der Waals surface area contributed by atoms with Gasteiger partial charge < -0.3 is 9.88 Å². The summed E-state index contributed by atoms with van der Waals surface area (Å²) < 4.78 is 1.89. The molecule has 0 aromatic carbocycles. The Morgan fingerprint density at radius 2 is 1.94 bits per heavy atom. The van der Waals surface area contributed by atoms with Crippen LogP contribution in [0.5, 0.6) is 0 Å². The van der Waals surface area contributed by atoms with Crippen LogP contribution in [0.25, 0.3) is 0 Å². The maximum Gasteiger partial charge on any atom is 0.243 e. The first-order chi connectivity index (χ1) is 8.17. The molecule has 0 aliphatic heterocycles. The Labute approximate surface area is 108 Å². The number of nitrogens with one attached hydrogen (secondary N) is 1. The molecule has 0 aliphatic carbocycles. The molecule has 1 atom stereocenters. The molecule has 1 aromatic heterocycles. The van der Waals surface area contributed by atoms with Gasteiger partial charge in [0, 0.05) is 22.5 Å². The fraction of sp³-hybridized carbons (Fsp3) is 0.571. The lowest BCUT2D eigenvalue weighted by molar-refractivity contribution is -0.125. The number of amides is 1. The standard InChI is InChI=1S/C14H22N2O2/c1-9-7-12(8-17)10(2)16(9)11(3)13(18)15-14(4,5)6/h7-8,11H,1-6H3,(H,15,18). The van der Waals surface area contributed by atoms with Gasteiger partial charge in [0.15, 0.2) is 6.29 Å². The highest BCUT2D eigenvalue weighted by Crippen LogP contribution is 2.20. The predicted molar refractivity (Wildman–Crippen MR) is 71.9 cm³/mol. The minimum absolute atomic E-state index is 0.0400. The van der Waals surface area contributed by atoms with Gasteiger partial charge in [-0.25, -0.2) is 0 Å². The Bertz CT molecular complexity index is 467. The first-order valence-corrected chi connectivity index (χ1v) is 6.13. The van der Waals surface area contributed by atoms with Crippen LogP contribution >= 0.6 is 0 Å². The monoisotopic (exact) mass is 250 g/mol. The summed E-state index contributed by atoms with van der Waals surface area (Å²) in [4.78, 5) is 23.0. The summed E-state index contributed by atoms with van der Waals surface area (Å²) in [7, 11) is 0. The highest BCUT2D eigenvalue weighted by molar-refractivity contribution is 5.82. The molecule has 0 saturated carbocycles. The second-order valence-electron chi connectivity index (χ2n) is 5.73. The van der Waals surface area contributed by atoms with Crippen LogP contribution in [0, 0.1) is 13.8 Å². The highest BCUT2D eigenvalue weighted by Gasteiger charge is 2.23. The number of carbonyl (C=O) groups excluding carboxylic acids is 2. The van der Waals surface area contributed by atoms with E-state index >= 15 is 0 Å². The van der Waals surface area contributed by atoms with Crippen molar-refractivity contribution in [1.29, 1.82) is 0 Å². The molecule has 0 fully saturated rings. The Hall–Kier alpha value is -1.58.